The minimum absolute atomic E-state index is 0.0799. The molecule has 0 spiro atoms. The number of likely N-dealkylation sites (tertiary alicyclic amines) is 1. The number of nitrogens with one attached hydrogen (secondary N) is 1. The highest BCUT2D eigenvalue weighted by Crippen LogP contribution is 2.32. The summed E-state index contributed by atoms with van der Waals surface area (Å²) < 4.78 is 21.7. The number of piperidine rings is 2. The van der Waals surface area contributed by atoms with Crippen molar-refractivity contribution in [3.05, 3.63) is 201 Å². The lowest BCUT2D eigenvalue weighted by Gasteiger charge is -2.34. The highest BCUT2D eigenvalue weighted by atomic mass is 35.5. The van der Waals surface area contributed by atoms with Crippen LogP contribution in [0.15, 0.2) is 158 Å². The third kappa shape index (κ3) is 16.8. The molecule has 0 radical (unpaired) electrons. The molecule has 3 saturated heterocycles. The van der Waals surface area contributed by atoms with Gasteiger partial charge in [0.15, 0.2) is 0 Å². The summed E-state index contributed by atoms with van der Waals surface area (Å²) in [7, 11) is 1.34. The van der Waals surface area contributed by atoms with Crippen molar-refractivity contribution in [2.75, 3.05) is 46.4 Å². The number of rotatable bonds is 13. The second kappa shape index (κ2) is 28.6. The van der Waals surface area contributed by atoms with Crippen LogP contribution in [0.1, 0.15) is 100 Å². The number of aldehydes is 1. The number of methoxy groups -OCH3 is 1. The van der Waals surface area contributed by atoms with Crippen LogP contribution in [0.5, 0.6) is 11.5 Å². The first-order chi connectivity index (χ1) is 34.1. The molecule has 3 aliphatic rings. The fraction of sp³-hybridized carbons (Fsp3) is 0.328. The monoisotopic (exact) mass is 986 g/mol. The number of hydrogen-bond donors (Lipinski definition) is 2. The normalized spacial score (nSPS) is 16.1. The van der Waals surface area contributed by atoms with E-state index in [4.69, 9.17) is 42.5 Å². The third-order valence-corrected chi connectivity index (χ3v) is 13.0. The predicted molar refractivity (Wildman–Crippen MR) is 278 cm³/mol. The first-order valence-corrected chi connectivity index (χ1v) is 24.8. The summed E-state index contributed by atoms with van der Waals surface area (Å²) in [5, 5.41) is 13.1. The number of carbonyl (C=O) groups excluding carboxylic acids is 2. The lowest BCUT2D eigenvalue weighted by atomic mass is 9.90. The summed E-state index contributed by atoms with van der Waals surface area (Å²) in [4.78, 5) is 36.0. The fourth-order valence-corrected chi connectivity index (χ4v) is 8.94. The highest BCUT2D eigenvalue weighted by Gasteiger charge is 2.25. The molecule has 3 fully saturated rings. The van der Waals surface area contributed by atoms with Crippen LogP contribution in [-0.4, -0.2) is 93.0 Å². The molecule has 0 aliphatic carbocycles. The molecule has 6 aromatic rings. The maximum atomic E-state index is 11.3. The van der Waals surface area contributed by atoms with Crippen molar-refractivity contribution < 1.29 is 38.4 Å². The number of benzene rings is 6. The third-order valence-electron chi connectivity index (χ3n) is 12.4. The molecule has 12 heteroatoms. The molecular formula is C58H64Cl2N2O8. The van der Waals surface area contributed by atoms with E-state index in [1.807, 2.05) is 60.7 Å². The van der Waals surface area contributed by atoms with Crippen molar-refractivity contribution in [3.8, 4) is 11.5 Å². The fourth-order valence-electron chi connectivity index (χ4n) is 8.49. The van der Waals surface area contributed by atoms with Gasteiger partial charge in [-0.05, 0) is 117 Å². The van der Waals surface area contributed by atoms with E-state index in [9.17, 15) is 14.4 Å². The molecule has 10 nitrogen and oxygen atoms in total. The van der Waals surface area contributed by atoms with Crippen molar-refractivity contribution >= 4 is 41.4 Å². The van der Waals surface area contributed by atoms with Crippen LogP contribution < -0.4 is 14.8 Å². The summed E-state index contributed by atoms with van der Waals surface area (Å²) >= 11 is 12.3. The lowest BCUT2D eigenvalue weighted by Crippen LogP contribution is -2.40. The van der Waals surface area contributed by atoms with Gasteiger partial charge in [-0.1, -0.05) is 145 Å². The summed E-state index contributed by atoms with van der Waals surface area (Å²) in [5.74, 6) is -0.0310. The summed E-state index contributed by atoms with van der Waals surface area (Å²) in [6.07, 6.45) is 8.09. The smallest absolute Gasteiger partial charge is 0.337 e. The Bertz CT molecular complexity index is 2400. The molecule has 1 unspecified atom stereocenters. The van der Waals surface area contributed by atoms with E-state index in [0.29, 0.717) is 39.1 Å². The number of aromatic carboxylic acids is 1. The maximum absolute atomic E-state index is 11.3. The Kier molecular flexibility index (Phi) is 21.8. The largest absolute Gasteiger partial charge is 0.489 e. The van der Waals surface area contributed by atoms with Crippen molar-refractivity contribution in [2.24, 2.45) is 0 Å². The van der Waals surface area contributed by atoms with Gasteiger partial charge in [0.25, 0.3) is 0 Å². The molecule has 0 saturated carbocycles. The van der Waals surface area contributed by atoms with Crippen LogP contribution >= 0.6 is 23.2 Å². The van der Waals surface area contributed by atoms with E-state index >= 15 is 0 Å². The van der Waals surface area contributed by atoms with Crippen LogP contribution in [0.2, 0.25) is 10.0 Å². The standard InChI is InChI=1S/C26H26ClNO3.C14H12O.C13H16ClNO3.C5H10O/c27-24-17-21(26(29)30)11-12-25(24)31-22-13-15-28(16-14-22)18-23(19-7-3-1-4-8-19)20-9-5-2-6-10-20;15-11-14(12-7-3-1-4-8-12)13-9-5-2-6-10-13;1-17-13(16)9-2-3-12(11(14)8-9)18-10-4-6-15-7-5-10;1-5-3-2-4-6-5/h1-12,17,22-23H,13-16,18H2,(H,29,30);1-11,14H;2-3,8,10,15H,4-7H2,1H3;5H,2-4H2,1H3. The first kappa shape index (κ1) is 53.3. The Morgan fingerprint density at radius 3 is 1.53 bits per heavy atom. The van der Waals surface area contributed by atoms with E-state index in [2.05, 4.69) is 82.5 Å². The molecule has 1 atom stereocenters. The zero-order valence-corrected chi connectivity index (χ0v) is 41.5. The Hall–Kier alpha value is -6.01. The first-order valence-electron chi connectivity index (χ1n) is 24.1. The average Bonchev–Trinajstić information content (AvgIpc) is 3.90. The average molecular weight is 988 g/mol. The molecule has 0 bridgehead atoms. The molecule has 2 N–H and O–H groups in total. The van der Waals surface area contributed by atoms with E-state index in [0.717, 1.165) is 82.4 Å². The molecule has 368 valence electrons. The van der Waals surface area contributed by atoms with Gasteiger partial charge in [0.05, 0.1) is 40.3 Å². The molecule has 6 aromatic carbocycles. The molecule has 3 heterocycles. The van der Waals surface area contributed by atoms with Gasteiger partial charge in [-0.25, -0.2) is 9.59 Å². The van der Waals surface area contributed by atoms with E-state index in [1.165, 1.54) is 43.2 Å². The SMILES string of the molecule is CC1CCCO1.COC(=O)c1ccc(OC2CCNCC2)c(Cl)c1.O=C(O)c1ccc(OC2CCN(CC(c3ccccc3)c3ccccc3)CC2)c(Cl)c1.O=CC(c1ccccc1)c1ccccc1. The zero-order valence-electron chi connectivity index (χ0n) is 40.0. The number of carbonyl (C=O) groups is 3. The van der Waals surface area contributed by atoms with Gasteiger partial charge in [0.1, 0.15) is 30.0 Å². The summed E-state index contributed by atoms with van der Waals surface area (Å²) in [6, 6.07) is 50.6. The van der Waals surface area contributed by atoms with Crippen molar-refractivity contribution in [1.29, 1.82) is 0 Å². The number of carboxylic acids is 1. The van der Waals surface area contributed by atoms with Crippen LogP contribution in [0.25, 0.3) is 0 Å². The van der Waals surface area contributed by atoms with Gasteiger partial charge in [-0.3, -0.25) is 0 Å². The number of halogens is 2. The van der Waals surface area contributed by atoms with Crippen LogP contribution in [0, 0.1) is 0 Å². The number of ether oxygens (including phenoxy) is 4. The van der Waals surface area contributed by atoms with Crippen molar-refractivity contribution in [1.82, 2.24) is 10.2 Å². The predicted octanol–water partition coefficient (Wildman–Crippen LogP) is 12.2. The number of hydrogen-bond acceptors (Lipinski definition) is 9. The second-order valence-electron chi connectivity index (χ2n) is 17.4. The maximum Gasteiger partial charge on any atom is 0.337 e. The summed E-state index contributed by atoms with van der Waals surface area (Å²) in [5.41, 5.74) is 5.34. The molecule has 70 heavy (non-hydrogen) atoms. The Balaban J connectivity index is 0.000000174. The molecular weight excluding hydrogens is 924 g/mol. The topological polar surface area (TPSA) is 124 Å². The van der Waals surface area contributed by atoms with Gasteiger partial charge in [0.2, 0.25) is 0 Å². The van der Waals surface area contributed by atoms with Crippen LogP contribution in [-0.2, 0) is 14.3 Å². The number of nitrogens with zero attached hydrogens (tertiary/aromatic N) is 1. The Morgan fingerprint density at radius 2 is 1.13 bits per heavy atom. The van der Waals surface area contributed by atoms with Crippen LogP contribution in [0.3, 0.4) is 0 Å². The Morgan fingerprint density at radius 1 is 0.671 bits per heavy atom. The van der Waals surface area contributed by atoms with Gasteiger partial charge in [0, 0.05) is 32.2 Å². The molecule has 9 rings (SSSR count). The molecule has 0 aromatic heterocycles. The summed E-state index contributed by atoms with van der Waals surface area (Å²) in [6.45, 7) is 7.89. The lowest BCUT2D eigenvalue weighted by molar-refractivity contribution is -0.108. The van der Waals surface area contributed by atoms with E-state index in [-0.39, 0.29) is 23.7 Å². The van der Waals surface area contributed by atoms with Gasteiger partial charge >= 0.3 is 11.9 Å². The number of esters is 1. The van der Waals surface area contributed by atoms with Crippen LogP contribution in [0.4, 0.5) is 0 Å². The minimum Gasteiger partial charge on any atom is -0.489 e. The Labute approximate surface area is 422 Å². The molecule has 0 amide bonds. The highest BCUT2D eigenvalue weighted by molar-refractivity contribution is 6.32. The van der Waals surface area contributed by atoms with Gasteiger partial charge in [-0.2, -0.15) is 0 Å². The quantitative estimate of drug-likeness (QED) is 0.0854. The zero-order chi connectivity index (χ0) is 49.5. The molecule has 3 aliphatic heterocycles. The second-order valence-corrected chi connectivity index (χ2v) is 18.2. The van der Waals surface area contributed by atoms with Crippen molar-refractivity contribution in [2.45, 2.75) is 75.6 Å². The number of carboxylic acid groups (broad SMARTS) is 1. The van der Waals surface area contributed by atoms with Gasteiger partial charge in [-0.15, -0.1) is 0 Å². The van der Waals surface area contributed by atoms with Gasteiger partial charge < -0.3 is 39.1 Å². The van der Waals surface area contributed by atoms with Crippen molar-refractivity contribution in [3.63, 3.8) is 0 Å². The minimum atomic E-state index is -0.992. The van der Waals surface area contributed by atoms with E-state index < -0.39 is 11.9 Å². The van der Waals surface area contributed by atoms with E-state index in [1.54, 1.807) is 24.3 Å².